The first kappa shape index (κ1) is 11.4. The number of likely N-dealkylation sites (tertiary alicyclic amines) is 1. The van der Waals surface area contributed by atoms with Crippen molar-refractivity contribution in [3.8, 4) is 0 Å². The highest BCUT2D eigenvalue weighted by Crippen LogP contribution is 2.36. The Morgan fingerprint density at radius 1 is 1.32 bits per heavy atom. The first-order chi connectivity index (χ1) is 9.42. The molecule has 0 bridgehead atoms. The molecule has 0 aliphatic carbocycles. The lowest BCUT2D eigenvalue weighted by atomic mass is 10.1. The molecular weight excluding hydrogens is 260 g/mol. The normalized spacial score (nSPS) is 27.1. The van der Waals surface area contributed by atoms with Gasteiger partial charge in [0.25, 0.3) is 0 Å². The molecule has 0 spiro atoms. The molecule has 0 radical (unpaired) electrons. The van der Waals surface area contributed by atoms with E-state index in [4.69, 9.17) is 4.42 Å². The molecule has 0 amide bonds. The van der Waals surface area contributed by atoms with E-state index >= 15 is 0 Å². The highest BCUT2D eigenvalue weighted by Gasteiger charge is 2.43. The highest BCUT2D eigenvalue weighted by atomic mass is 32.1. The van der Waals surface area contributed by atoms with Crippen LogP contribution in [0.3, 0.4) is 0 Å². The summed E-state index contributed by atoms with van der Waals surface area (Å²) in [5.41, 5.74) is 3.09. The van der Waals surface area contributed by atoms with Crippen molar-refractivity contribution in [1.29, 1.82) is 0 Å². The van der Waals surface area contributed by atoms with Gasteiger partial charge in [-0.25, -0.2) is 0 Å². The Morgan fingerprint density at radius 2 is 2.26 bits per heavy atom. The maximum absolute atomic E-state index is 5.16. The summed E-state index contributed by atoms with van der Waals surface area (Å²) in [7, 11) is 0. The molecule has 0 saturated carbocycles. The molecule has 4 heterocycles. The zero-order valence-corrected chi connectivity index (χ0v) is 11.4. The van der Waals surface area contributed by atoms with Gasteiger partial charge in [0.1, 0.15) is 5.51 Å². The number of anilines is 1. The largest absolute Gasteiger partial charge is 0.472 e. The highest BCUT2D eigenvalue weighted by molar-refractivity contribution is 7.13. The molecule has 2 saturated heterocycles. The van der Waals surface area contributed by atoms with Crippen LogP contribution < -0.4 is 4.90 Å². The second-order valence-electron chi connectivity index (χ2n) is 5.23. The van der Waals surface area contributed by atoms with Crippen molar-refractivity contribution in [2.75, 3.05) is 18.0 Å². The van der Waals surface area contributed by atoms with Crippen LogP contribution in [0.15, 0.2) is 28.5 Å². The molecule has 0 unspecified atom stereocenters. The van der Waals surface area contributed by atoms with E-state index < -0.39 is 0 Å². The predicted octanol–water partition coefficient (Wildman–Crippen LogP) is 1.98. The fraction of sp³-hybridized carbons (Fsp3) is 0.538. The standard InChI is InChI=1S/C13H16N4OS/c1-4-16(7-10-3-6-18-8-10)11-2-5-17(12(1)11)13-15-14-9-19-13/h3,6,8-9,11-12H,1-2,4-5,7H2/t11-,12+/m0/s1. The van der Waals surface area contributed by atoms with Gasteiger partial charge in [-0.05, 0) is 18.9 Å². The Balaban J connectivity index is 1.49. The molecular formula is C13H16N4OS. The van der Waals surface area contributed by atoms with Crippen LogP contribution in [0.1, 0.15) is 18.4 Å². The Bertz CT molecular complexity index is 527. The fourth-order valence-electron chi connectivity index (χ4n) is 3.42. The summed E-state index contributed by atoms with van der Waals surface area (Å²) in [4.78, 5) is 5.02. The molecule has 2 fully saturated rings. The molecule has 19 heavy (non-hydrogen) atoms. The number of fused-ring (bicyclic) bond motifs is 1. The van der Waals surface area contributed by atoms with Crippen LogP contribution >= 0.6 is 11.3 Å². The quantitative estimate of drug-likeness (QED) is 0.858. The SMILES string of the molecule is c1cc(CN2CC[C@@H]3[C@@H]2CCN3c2nncs2)co1. The van der Waals surface area contributed by atoms with Crippen molar-refractivity contribution in [1.82, 2.24) is 15.1 Å². The molecule has 2 aromatic heterocycles. The fourth-order valence-corrected chi connectivity index (χ4v) is 4.06. The van der Waals surface area contributed by atoms with E-state index in [0.29, 0.717) is 12.1 Å². The molecule has 2 aliphatic heterocycles. The summed E-state index contributed by atoms with van der Waals surface area (Å²) in [6.07, 6.45) is 6.06. The third-order valence-electron chi connectivity index (χ3n) is 4.25. The van der Waals surface area contributed by atoms with Gasteiger partial charge in [-0.3, -0.25) is 4.90 Å². The first-order valence-electron chi connectivity index (χ1n) is 6.70. The molecule has 100 valence electrons. The van der Waals surface area contributed by atoms with Crippen molar-refractivity contribution in [3.05, 3.63) is 29.7 Å². The summed E-state index contributed by atoms with van der Waals surface area (Å²) in [6.45, 7) is 3.27. The smallest absolute Gasteiger partial charge is 0.208 e. The van der Waals surface area contributed by atoms with E-state index in [0.717, 1.165) is 24.8 Å². The van der Waals surface area contributed by atoms with Crippen LogP contribution in [-0.2, 0) is 6.54 Å². The minimum atomic E-state index is 0.611. The van der Waals surface area contributed by atoms with Crippen molar-refractivity contribution in [3.63, 3.8) is 0 Å². The van der Waals surface area contributed by atoms with Crippen molar-refractivity contribution < 1.29 is 4.42 Å². The number of furan rings is 1. The number of rotatable bonds is 3. The monoisotopic (exact) mass is 276 g/mol. The van der Waals surface area contributed by atoms with Crippen LogP contribution in [0.4, 0.5) is 5.13 Å². The molecule has 2 atom stereocenters. The lowest BCUT2D eigenvalue weighted by molar-refractivity contribution is 0.245. The van der Waals surface area contributed by atoms with Gasteiger partial charge in [-0.1, -0.05) is 11.3 Å². The molecule has 5 nitrogen and oxygen atoms in total. The minimum Gasteiger partial charge on any atom is -0.472 e. The van der Waals surface area contributed by atoms with Gasteiger partial charge in [0, 0.05) is 37.3 Å². The molecule has 0 aromatic carbocycles. The Labute approximate surface area is 115 Å². The van der Waals surface area contributed by atoms with Gasteiger partial charge >= 0.3 is 0 Å². The van der Waals surface area contributed by atoms with Crippen molar-refractivity contribution in [2.24, 2.45) is 0 Å². The van der Waals surface area contributed by atoms with E-state index in [1.165, 1.54) is 18.4 Å². The first-order valence-corrected chi connectivity index (χ1v) is 7.58. The van der Waals surface area contributed by atoms with Gasteiger partial charge in [-0.15, -0.1) is 10.2 Å². The van der Waals surface area contributed by atoms with Gasteiger partial charge in [0.15, 0.2) is 0 Å². The Kier molecular flexibility index (Phi) is 2.77. The van der Waals surface area contributed by atoms with Crippen molar-refractivity contribution in [2.45, 2.75) is 31.5 Å². The zero-order chi connectivity index (χ0) is 12.7. The minimum absolute atomic E-state index is 0.611. The summed E-state index contributed by atoms with van der Waals surface area (Å²) >= 11 is 1.65. The molecule has 4 rings (SSSR count). The molecule has 0 N–H and O–H groups in total. The van der Waals surface area contributed by atoms with Crippen LogP contribution in [-0.4, -0.2) is 40.3 Å². The Morgan fingerprint density at radius 3 is 3.05 bits per heavy atom. The number of hydrogen-bond acceptors (Lipinski definition) is 6. The van der Waals surface area contributed by atoms with E-state index in [1.54, 1.807) is 17.6 Å². The predicted molar refractivity (Wildman–Crippen MR) is 73.2 cm³/mol. The van der Waals surface area contributed by atoms with Gasteiger partial charge in [0.2, 0.25) is 5.13 Å². The maximum Gasteiger partial charge on any atom is 0.208 e. The van der Waals surface area contributed by atoms with Crippen LogP contribution in [0, 0.1) is 0 Å². The summed E-state index contributed by atoms with van der Waals surface area (Å²) in [6, 6.07) is 3.32. The summed E-state index contributed by atoms with van der Waals surface area (Å²) < 4.78 is 5.16. The van der Waals surface area contributed by atoms with Crippen molar-refractivity contribution >= 4 is 16.5 Å². The van der Waals surface area contributed by atoms with E-state index in [1.807, 2.05) is 11.8 Å². The lowest BCUT2D eigenvalue weighted by Crippen LogP contribution is -2.36. The maximum atomic E-state index is 5.16. The number of hydrogen-bond donors (Lipinski definition) is 0. The van der Waals surface area contributed by atoms with Gasteiger partial charge < -0.3 is 9.32 Å². The average molecular weight is 276 g/mol. The van der Waals surface area contributed by atoms with Gasteiger partial charge in [-0.2, -0.15) is 0 Å². The van der Waals surface area contributed by atoms with Crippen LogP contribution in [0.25, 0.3) is 0 Å². The summed E-state index contributed by atoms with van der Waals surface area (Å²) in [5.74, 6) is 0. The molecule has 6 heteroatoms. The second-order valence-corrected chi connectivity index (χ2v) is 6.04. The van der Waals surface area contributed by atoms with E-state index in [2.05, 4.69) is 26.1 Å². The van der Waals surface area contributed by atoms with Crippen LogP contribution in [0.2, 0.25) is 0 Å². The lowest BCUT2D eigenvalue weighted by Gasteiger charge is -2.24. The van der Waals surface area contributed by atoms with Gasteiger partial charge in [0.05, 0.1) is 12.5 Å². The van der Waals surface area contributed by atoms with E-state index in [-0.39, 0.29) is 0 Å². The van der Waals surface area contributed by atoms with E-state index in [9.17, 15) is 0 Å². The topological polar surface area (TPSA) is 45.4 Å². The molecule has 2 aliphatic rings. The summed E-state index contributed by atoms with van der Waals surface area (Å²) in [5, 5.41) is 9.26. The van der Waals surface area contributed by atoms with Crippen LogP contribution in [0.5, 0.6) is 0 Å². The number of nitrogens with zero attached hydrogens (tertiary/aromatic N) is 4. The number of aromatic nitrogens is 2. The zero-order valence-electron chi connectivity index (χ0n) is 10.6. The third kappa shape index (κ3) is 1.95. The Hall–Kier alpha value is -1.40. The average Bonchev–Trinajstić information content (AvgIpc) is 3.15. The third-order valence-corrected chi connectivity index (χ3v) is 4.98. The molecule has 2 aromatic rings. The second kappa shape index (κ2) is 4.61.